The maximum absolute atomic E-state index is 8.81. The lowest BCUT2D eigenvalue weighted by molar-refractivity contribution is -0.106. The molecule has 60 valence electrons. The van der Waals surface area contributed by atoms with E-state index in [2.05, 4.69) is 6.92 Å². The van der Waals surface area contributed by atoms with Crippen LogP contribution in [-0.4, -0.2) is 12.8 Å². The SMILES string of the molecule is CC=O.CCCCCN.[HH].[HH]. The molecular formula is C7H21NO. The molecule has 0 aromatic heterocycles. The van der Waals surface area contributed by atoms with E-state index in [1.165, 1.54) is 26.2 Å². The molecule has 0 rings (SSSR count). The summed E-state index contributed by atoms with van der Waals surface area (Å²) < 4.78 is 0. The van der Waals surface area contributed by atoms with Crippen molar-refractivity contribution in [2.24, 2.45) is 5.73 Å². The number of rotatable bonds is 3. The lowest BCUT2D eigenvalue weighted by atomic mass is 10.3. The van der Waals surface area contributed by atoms with E-state index in [0.717, 1.165) is 12.8 Å². The Labute approximate surface area is 60.4 Å². The zero-order valence-electron chi connectivity index (χ0n) is 6.39. The molecule has 0 unspecified atom stereocenters. The number of hydrogen-bond acceptors (Lipinski definition) is 2. The van der Waals surface area contributed by atoms with E-state index in [4.69, 9.17) is 10.5 Å². The van der Waals surface area contributed by atoms with Crippen LogP contribution in [-0.2, 0) is 4.79 Å². The Kier molecular flexibility index (Phi) is 19.9. The molecule has 0 fully saturated rings. The fraction of sp³-hybridized carbons (Fsp3) is 0.857. The average molecular weight is 135 g/mol. The van der Waals surface area contributed by atoms with Gasteiger partial charge in [0.25, 0.3) is 0 Å². The van der Waals surface area contributed by atoms with Crippen LogP contribution >= 0.6 is 0 Å². The number of aldehydes is 1. The average Bonchev–Trinajstić information content (AvgIpc) is 1.86. The number of hydrogen-bond donors (Lipinski definition) is 1. The minimum absolute atomic E-state index is 0. The van der Waals surface area contributed by atoms with Crippen molar-refractivity contribution in [2.75, 3.05) is 6.54 Å². The number of unbranched alkanes of at least 4 members (excludes halogenated alkanes) is 2. The first-order valence-electron chi connectivity index (χ1n) is 3.43. The molecule has 0 aliphatic heterocycles. The first-order valence-corrected chi connectivity index (χ1v) is 3.43. The van der Waals surface area contributed by atoms with E-state index in [1.807, 2.05) is 0 Å². The molecule has 0 radical (unpaired) electrons. The molecule has 0 aromatic carbocycles. The Balaban J connectivity index is -0.0000000437. The highest BCUT2D eigenvalue weighted by Gasteiger charge is 1.75. The molecule has 0 atom stereocenters. The second-order valence-corrected chi connectivity index (χ2v) is 1.73. The molecule has 2 heteroatoms. The Morgan fingerprint density at radius 1 is 1.56 bits per heavy atom. The maximum Gasteiger partial charge on any atom is 0.116 e. The smallest absolute Gasteiger partial charge is 0.116 e. The summed E-state index contributed by atoms with van der Waals surface area (Å²) in [7, 11) is 0. The topological polar surface area (TPSA) is 43.1 Å². The third kappa shape index (κ3) is 35.0. The van der Waals surface area contributed by atoms with Gasteiger partial charge in [-0.15, -0.1) is 0 Å². The van der Waals surface area contributed by atoms with Crippen molar-refractivity contribution in [3.8, 4) is 0 Å². The molecule has 2 nitrogen and oxygen atoms in total. The quantitative estimate of drug-likeness (QED) is 0.474. The van der Waals surface area contributed by atoms with Crippen molar-refractivity contribution < 1.29 is 7.65 Å². The third-order valence-corrected chi connectivity index (χ3v) is 0.808. The summed E-state index contributed by atoms with van der Waals surface area (Å²) in [6.07, 6.45) is 4.50. The molecule has 2 N–H and O–H groups in total. The predicted octanol–water partition coefficient (Wildman–Crippen LogP) is 1.83. The molecule has 0 aliphatic rings. The van der Waals surface area contributed by atoms with Crippen LogP contribution in [0.1, 0.15) is 36.0 Å². The number of carbonyl (C=O) groups excluding carboxylic acids is 1. The predicted molar refractivity (Wildman–Crippen MR) is 44.5 cm³/mol. The van der Waals surface area contributed by atoms with Gasteiger partial charge in [0.1, 0.15) is 6.29 Å². The van der Waals surface area contributed by atoms with Crippen LogP contribution in [0.3, 0.4) is 0 Å². The molecular weight excluding hydrogens is 114 g/mol. The Morgan fingerprint density at radius 3 is 2.11 bits per heavy atom. The van der Waals surface area contributed by atoms with Crippen LogP contribution in [0.2, 0.25) is 0 Å². The lowest BCUT2D eigenvalue weighted by Crippen LogP contribution is -1.96. The normalized spacial score (nSPS) is 7.44. The standard InChI is InChI=1S/C5H13N.C2H4O.2H2/c1-2-3-4-5-6;1-2-3;;/h2-6H2,1H3;2H,1H3;2*1H. The van der Waals surface area contributed by atoms with Crippen LogP contribution in [0.5, 0.6) is 0 Å². The molecule has 0 saturated carbocycles. The van der Waals surface area contributed by atoms with Gasteiger partial charge in [0.15, 0.2) is 0 Å². The number of nitrogens with two attached hydrogens (primary N) is 1. The van der Waals surface area contributed by atoms with Gasteiger partial charge in [-0.2, -0.15) is 0 Å². The zero-order valence-corrected chi connectivity index (χ0v) is 6.39. The number of carbonyl (C=O) groups is 1. The van der Waals surface area contributed by atoms with Crippen molar-refractivity contribution in [3.05, 3.63) is 0 Å². The van der Waals surface area contributed by atoms with Crippen LogP contribution in [0.25, 0.3) is 0 Å². The van der Waals surface area contributed by atoms with Crippen LogP contribution in [0, 0.1) is 0 Å². The van der Waals surface area contributed by atoms with Crippen LogP contribution in [0.4, 0.5) is 0 Å². The van der Waals surface area contributed by atoms with Gasteiger partial charge in [0.05, 0.1) is 0 Å². The van der Waals surface area contributed by atoms with Crippen molar-refractivity contribution in [3.63, 3.8) is 0 Å². The highest BCUT2D eigenvalue weighted by atomic mass is 16.1. The van der Waals surface area contributed by atoms with Gasteiger partial charge in [-0.1, -0.05) is 19.8 Å². The summed E-state index contributed by atoms with van der Waals surface area (Å²) >= 11 is 0. The molecule has 0 spiro atoms. The van der Waals surface area contributed by atoms with Gasteiger partial charge in [0, 0.05) is 2.85 Å². The van der Waals surface area contributed by atoms with Crippen molar-refractivity contribution in [2.45, 2.75) is 33.1 Å². The largest absolute Gasteiger partial charge is 0.330 e. The van der Waals surface area contributed by atoms with E-state index in [9.17, 15) is 0 Å². The zero-order chi connectivity index (χ0) is 7.54. The van der Waals surface area contributed by atoms with Crippen molar-refractivity contribution >= 4 is 6.29 Å². The Hall–Kier alpha value is -0.370. The van der Waals surface area contributed by atoms with Gasteiger partial charge < -0.3 is 10.5 Å². The fourth-order valence-corrected chi connectivity index (χ4v) is 0.394. The highest BCUT2D eigenvalue weighted by Crippen LogP contribution is 1.88. The van der Waals surface area contributed by atoms with Crippen molar-refractivity contribution in [1.82, 2.24) is 0 Å². The molecule has 0 bridgehead atoms. The molecule has 0 amide bonds. The van der Waals surface area contributed by atoms with Crippen LogP contribution in [0.15, 0.2) is 0 Å². The summed E-state index contributed by atoms with van der Waals surface area (Å²) in [6.45, 7) is 4.48. The van der Waals surface area contributed by atoms with Crippen molar-refractivity contribution in [1.29, 1.82) is 0 Å². The molecule has 0 heterocycles. The van der Waals surface area contributed by atoms with E-state index in [0.29, 0.717) is 0 Å². The summed E-state index contributed by atoms with van der Waals surface area (Å²) in [6, 6.07) is 0. The Morgan fingerprint density at radius 2 is 2.00 bits per heavy atom. The van der Waals surface area contributed by atoms with Crippen LogP contribution < -0.4 is 5.73 Å². The van der Waals surface area contributed by atoms with Gasteiger partial charge in [-0.25, -0.2) is 0 Å². The van der Waals surface area contributed by atoms with E-state index in [1.54, 1.807) is 0 Å². The summed E-state index contributed by atoms with van der Waals surface area (Å²) in [5.41, 5.74) is 5.21. The molecule has 0 saturated heterocycles. The molecule has 0 aliphatic carbocycles. The van der Waals surface area contributed by atoms with Gasteiger partial charge in [-0.3, -0.25) is 0 Å². The van der Waals surface area contributed by atoms with Gasteiger partial charge in [-0.05, 0) is 19.9 Å². The maximum atomic E-state index is 8.81. The summed E-state index contributed by atoms with van der Waals surface area (Å²) in [5.74, 6) is 0. The lowest BCUT2D eigenvalue weighted by Gasteiger charge is -1.86. The fourth-order valence-electron chi connectivity index (χ4n) is 0.394. The first-order chi connectivity index (χ1) is 4.33. The summed E-state index contributed by atoms with van der Waals surface area (Å²) in [4.78, 5) is 8.81. The second kappa shape index (κ2) is 15.6. The van der Waals surface area contributed by atoms with E-state index < -0.39 is 0 Å². The summed E-state index contributed by atoms with van der Waals surface area (Å²) in [5, 5.41) is 0. The first kappa shape index (κ1) is 11.4. The molecule has 9 heavy (non-hydrogen) atoms. The second-order valence-electron chi connectivity index (χ2n) is 1.73. The molecule has 0 aromatic rings. The van der Waals surface area contributed by atoms with E-state index in [-0.39, 0.29) is 2.85 Å². The minimum atomic E-state index is 0. The Bertz CT molecular complexity index is 49.7. The third-order valence-electron chi connectivity index (χ3n) is 0.808. The van der Waals surface area contributed by atoms with Gasteiger partial charge >= 0.3 is 0 Å². The minimum Gasteiger partial charge on any atom is -0.330 e. The monoisotopic (exact) mass is 135 g/mol. The highest BCUT2D eigenvalue weighted by molar-refractivity contribution is 5.44. The van der Waals surface area contributed by atoms with Gasteiger partial charge in [0.2, 0.25) is 0 Å². The van der Waals surface area contributed by atoms with E-state index >= 15 is 0 Å².